The number of imidazole rings is 1. The van der Waals surface area contributed by atoms with Gasteiger partial charge in [-0.05, 0) is 25.5 Å². The van der Waals surface area contributed by atoms with Crippen LogP contribution < -0.4 is 0 Å². The Balaban J connectivity index is 2.38. The molecule has 0 amide bonds. The summed E-state index contributed by atoms with van der Waals surface area (Å²) in [7, 11) is 2.02. The number of rotatable bonds is 3. The maximum Gasteiger partial charge on any atom is 0.151 e. The number of aromatic nitrogens is 2. The van der Waals surface area contributed by atoms with Crippen LogP contribution in [0.4, 0.5) is 0 Å². The molecule has 3 heteroatoms. The number of hydrogen-bond acceptors (Lipinski definition) is 2. The minimum Gasteiger partial charge on any atom is -0.326 e. The van der Waals surface area contributed by atoms with Crippen molar-refractivity contribution in [3.8, 4) is 0 Å². The lowest BCUT2D eigenvalue weighted by Gasteiger charge is -2.00. The molecule has 3 nitrogen and oxygen atoms in total. The minimum atomic E-state index is 0.361. The van der Waals surface area contributed by atoms with Crippen LogP contribution in [-0.2, 0) is 7.05 Å². The van der Waals surface area contributed by atoms with E-state index in [4.69, 9.17) is 0 Å². The van der Waals surface area contributed by atoms with Gasteiger partial charge in [-0.15, -0.1) is 0 Å². The Morgan fingerprint density at radius 2 is 2.19 bits per heavy atom. The maximum atomic E-state index is 4.53. The van der Waals surface area contributed by atoms with Crippen LogP contribution in [0.25, 0.3) is 11.0 Å². The van der Waals surface area contributed by atoms with Gasteiger partial charge in [0.2, 0.25) is 0 Å². The van der Waals surface area contributed by atoms with Gasteiger partial charge >= 0.3 is 0 Å². The summed E-state index contributed by atoms with van der Waals surface area (Å²) >= 11 is 0. The molecule has 0 N–H and O–H groups in total. The van der Waals surface area contributed by atoms with E-state index in [0.717, 1.165) is 23.3 Å². The van der Waals surface area contributed by atoms with Crippen LogP contribution >= 0.6 is 0 Å². The predicted octanol–water partition coefficient (Wildman–Crippen LogP) is 2.79. The van der Waals surface area contributed by atoms with E-state index >= 15 is 0 Å². The molecule has 0 saturated heterocycles. The predicted molar refractivity (Wildman–Crippen MR) is 68.1 cm³/mol. The second kappa shape index (κ2) is 4.47. The highest BCUT2D eigenvalue weighted by Crippen LogP contribution is 2.13. The zero-order valence-electron chi connectivity index (χ0n) is 10.0. The molecule has 1 atom stereocenters. The summed E-state index contributed by atoms with van der Waals surface area (Å²) in [5.41, 5.74) is 2.17. The van der Waals surface area contributed by atoms with Crippen molar-refractivity contribution in [1.82, 2.24) is 9.55 Å². The van der Waals surface area contributed by atoms with Gasteiger partial charge in [-0.1, -0.05) is 19.1 Å². The van der Waals surface area contributed by atoms with Gasteiger partial charge in [-0.2, -0.15) is 0 Å². The first kappa shape index (κ1) is 10.9. The van der Waals surface area contributed by atoms with Crippen molar-refractivity contribution in [2.75, 3.05) is 0 Å². The highest BCUT2D eigenvalue weighted by atomic mass is 15.1. The van der Waals surface area contributed by atoms with E-state index in [1.165, 1.54) is 0 Å². The fourth-order valence-electron chi connectivity index (χ4n) is 1.58. The van der Waals surface area contributed by atoms with Crippen molar-refractivity contribution >= 4 is 17.2 Å². The first-order valence-electron chi connectivity index (χ1n) is 5.67. The summed E-state index contributed by atoms with van der Waals surface area (Å²) in [5.74, 6) is 0.918. The van der Waals surface area contributed by atoms with Crippen LogP contribution in [0.2, 0.25) is 0 Å². The largest absolute Gasteiger partial charge is 0.326 e. The molecule has 0 spiro atoms. The molecule has 1 unspecified atom stereocenters. The van der Waals surface area contributed by atoms with Gasteiger partial charge in [0, 0.05) is 13.1 Å². The zero-order chi connectivity index (χ0) is 11.5. The topological polar surface area (TPSA) is 30.2 Å². The Morgan fingerprint density at radius 1 is 1.44 bits per heavy atom. The summed E-state index contributed by atoms with van der Waals surface area (Å²) in [6.45, 7) is 4.25. The third-order valence-corrected chi connectivity index (χ3v) is 2.86. The molecule has 0 aliphatic rings. The summed E-state index contributed by atoms with van der Waals surface area (Å²) in [6.07, 6.45) is 2.93. The van der Waals surface area contributed by atoms with Gasteiger partial charge in [0.15, 0.2) is 5.82 Å². The number of hydrogen-bond donors (Lipinski definition) is 0. The second-order valence-corrected chi connectivity index (χ2v) is 4.05. The van der Waals surface area contributed by atoms with Gasteiger partial charge in [0.05, 0.1) is 17.2 Å². The third-order valence-electron chi connectivity index (χ3n) is 2.86. The number of aliphatic imine (C=N–C) groups is 1. The molecule has 0 aliphatic heterocycles. The van der Waals surface area contributed by atoms with E-state index in [1.807, 2.05) is 31.5 Å². The molecule has 2 rings (SSSR count). The quantitative estimate of drug-likeness (QED) is 0.724. The van der Waals surface area contributed by atoms with E-state index in [1.54, 1.807) is 0 Å². The second-order valence-electron chi connectivity index (χ2n) is 4.05. The lowest BCUT2D eigenvalue weighted by atomic mass is 10.3. The molecule has 0 aliphatic carbocycles. The number of fused-ring (bicyclic) bond motifs is 1. The van der Waals surface area contributed by atoms with Crippen LogP contribution in [-0.4, -0.2) is 21.8 Å². The first-order valence-corrected chi connectivity index (χ1v) is 5.67. The van der Waals surface area contributed by atoms with Crippen molar-refractivity contribution in [2.45, 2.75) is 26.3 Å². The van der Waals surface area contributed by atoms with Crippen LogP contribution in [0.5, 0.6) is 0 Å². The lowest BCUT2D eigenvalue weighted by Crippen LogP contribution is -2.00. The van der Waals surface area contributed by atoms with E-state index in [2.05, 4.69) is 34.5 Å². The molecule has 84 valence electrons. The zero-order valence-corrected chi connectivity index (χ0v) is 10.0. The standard InChI is InChI=1S/C13H17N3/c1-4-10(2)14-9-13-15-11-7-5-6-8-12(11)16(13)3/h5-10H,4H2,1-3H3. The van der Waals surface area contributed by atoms with Gasteiger partial charge < -0.3 is 4.57 Å². The number of nitrogens with zero attached hydrogens (tertiary/aromatic N) is 3. The van der Waals surface area contributed by atoms with Gasteiger partial charge in [0.1, 0.15) is 0 Å². The fraction of sp³-hybridized carbons (Fsp3) is 0.385. The Labute approximate surface area is 95.8 Å². The van der Waals surface area contributed by atoms with Crippen LogP contribution in [0, 0.1) is 0 Å². The normalized spacial score (nSPS) is 13.7. The highest BCUT2D eigenvalue weighted by Gasteiger charge is 2.04. The molecule has 0 bridgehead atoms. The Kier molecular flexibility index (Phi) is 3.04. The number of para-hydroxylation sites is 2. The van der Waals surface area contributed by atoms with E-state index < -0.39 is 0 Å². The summed E-state index contributed by atoms with van der Waals surface area (Å²) in [4.78, 5) is 8.99. The average Bonchev–Trinajstić information content (AvgIpc) is 2.64. The van der Waals surface area contributed by atoms with E-state index in [-0.39, 0.29) is 0 Å². The molecule has 1 aromatic carbocycles. The van der Waals surface area contributed by atoms with Gasteiger partial charge in [0.25, 0.3) is 0 Å². The Morgan fingerprint density at radius 3 is 2.88 bits per heavy atom. The molecular formula is C13H17N3. The number of aryl methyl sites for hydroxylation is 1. The van der Waals surface area contributed by atoms with E-state index in [0.29, 0.717) is 6.04 Å². The highest BCUT2D eigenvalue weighted by molar-refractivity contribution is 5.84. The summed E-state index contributed by atoms with van der Waals surface area (Å²) in [6, 6.07) is 8.49. The fourth-order valence-corrected chi connectivity index (χ4v) is 1.58. The molecule has 0 fully saturated rings. The first-order chi connectivity index (χ1) is 7.72. The van der Waals surface area contributed by atoms with Crippen LogP contribution in [0.1, 0.15) is 26.1 Å². The molecule has 0 saturated carbocycles. The Hall–Kier alpha value is -1.64. The number of benzene rings is 1. The SMILES string of the molecule is CCC(C)N=Cc1nc2ccccc2n1C. The minimum absolute atomic E-state index is 0.361. The van der Waals surface area contributed by atoms with Crippen molar-refractivity contribution in [2.24, 2.45) is 12.0 Å². The third kappa shape index (κ3) is 1.98. The molecular weight excluding hydrogens is 198 g/mol. The van der Waals surface area contributed by atoms with Crippen molar-refractivity contribution < 1.29 is 0 Å². The lowest BCUT2D eigenvalue weighted by molar-refractivity contribution is 0.719. The van der Waals surface area contributed by atoms with Crippen molar-refractivity contribution in [3.63, 3.8) is 0 Å². The monoisotopic (exact) mass is 215 g/mol. The Bertz CT molecular complexity index is 511. The summed E-state index contributed by atoms with van der Waals surface area (Å²) < 4.78 is 2.07. The smallest absolute Gasteiger partial charge is 0.151 e. The molecule has 16 heavy (non-hydrogen) atoms. The molecule has 1 aromatic heterocycles. The van der Waals surface area contributed by atoms with E-state index in [9.17, 15) is 0 Å². The van der Waals surface area contributed by atoms with Crippen molar-refractivity contribution in [3.05, 3.63) is 30.1 Å². The van der Waals surface area contributed by atoms with Crippen LogP contribution in [0.3, 0.4) is 0 Å². The molecule has 2 aromatic rings. The van der Waals surface area contributed by atoms with Crippen LogP contribution in [0.15, 0.2) is 29.3 Å². The summed E-state index contributed by atoms with van der Waals surface area (Å²) in [5, 5.41) is 0. The average molecular weight is 215 g/mol. The maximum absolute atomic E-state index is 4.53. The molecule has 0 radical (unpaired) electrons. The van der Waals surface area contributed by atoms with Crippen molar-refractivity contribution in [1.29, 1.82) is 0 Å². The molecule has 1 heterocycles. The van der Waals surface area contributed by atoms with Gasteiger partial charge in [-0.3, -0.25) is 4.99 Å². The van der Waals surface area contributed by atoms with Gasteiger partial charge in [-0.25, -0.2) is 4.98 Å².